The number of nitrogens with zero attached hydrogens (tertiary/aromatic N) is 1. The minimum atomic E-state index is -4.13. The van der Waals surface area contributed by atoms with Gasteiger partial charge in [-0.25, -0.2) is 18.0 Å². The molecule has 0 bridgehead atoms. The topological polar surface area (TPSA) is 188 Å². The second-order valence-electron chi connectivity index (χ2n) is 16.9. The predicted octanol–water partition coefficient (Wildman–Crippen LogP) is 8.70. The van der Waals surface area contributed by atoms with Gasteiger partial charge >= 0.3 is 12.2 Å². The van der Waals surface area contributed by atoms with Gasteiger partial charge in [0.05, 0.1) is 36.6 Å². The predicted molar refractivity (Wildman–Crippen MR) is 264 cm³/mol. The van der Waals surface area contributed by atoms with Gasteiger partial charge < -0.3 is 40.6 Å². The maximum Gasteiger partial charge on any atom is 0.407 e. The number of nitrogens with one attached hydrogen (secondary N) is 3. The Morgan fingerprint density at radius 3 is 1.99 bits per heavy atom. The molecule has 2 aliphatic heterocycles. The van der Waals surface area contributed by atoms with E-state index in [1.165, 1.54) is 28.6 Å². The van der Waals surface area contributed by atoms with Crippen LogP contribution in [-0.2, 0) is 40.2 Å². The van der Waals surface area contributed by atoms with Gasteiger partial charge in [-0.2, -0.15) is 4.31 Å². The van der Waals surface area contributed by atoms with Crippen molar-refractivity contribution >= 4 is 33.8 Å². The fourth-order valence-corrected chi connectivity index (χ4v) is 9.03. The smallest absolute Gasteiger partial charge is 0.407 e. The van der Waals surface area contributed by atoms with Gasteiger partial charge in [-0.15, -0.1) is 0 Å². The lowest BCUT2D eigenvalue weighted by molar-refractivity contribution is -0.121. The molecule has 14 nitrogen and oxygen atoms in total. The molecule has 2 aromatic rings. The lowest BCUT2D eigenvalue weighted by Crippen LogP contribution is -2.54. The highest BCUT2D eigenvalue weighted by Gasteiger charge is 2.44. The first-order valence-corrected chi connectivity index (χ1v) is 25.1. The summed E-state index contributed by atoms with van der Waals surface area (Å²) in [6, 6.07) is 14.2. The van der Waals surface area contributed by atoms with E-state index in [0.717, 1.165) is 44.1 Å². The third kappa shape index (κ3) is 20.9. The molecule has 2 aromatic carbocycles. The number of anilines is 1. The minimum Gasteiger partial charge on any atom is -0.443 e. The number of carbonyl (C=O) groups is 3. The van der Waals surface area contributed by atoms with Crippen molar-refractivity contribution < 1.29 is 41.7 Å². The summed E-state index contributed by atoms with van der Waals surface area (Å²) < 4.78 is 52.8. The number of hydrogen-bond donors (Lipinski definition) is 4. The molecule has 2 aliphatic rings. The van der Waals surface area contributed by atoms with Crippen LogP contribution in [-0.4, -0.2) is 94.7 Å². The fourth-order valence-electron chi connectivity index (χ4n) is 7.42. The third-order valence-corrected chi connectivity index (χ3v) is 12.7. The second-order valence-corrected chi connectivity index (χ2v) is 18.8. The molecule has 2 heterocycles. The van der Waals surface area contributed by atoms with Crippen molar-refractivity contribution in [3.05, 3.63) is 133 Å². The summed E-state index contributed by atoms with van der Waals surface area (Å²) in [5.74, 6) is -0.395. The summed E-state index contributed by atoms with van der Waals surface area (Å²) in [6.45, 7) is 6.55. The number of nitrogen functional groups attached to an aromatic ring is 1. The summed E-state index contributed by atoms with van der Waals surface area (Å²) in [6.07, 6.45) is 29.1. The molecule has 15 heteroatoms. The molecule has 2 saturated heterocycles. The van der Waals surface area contributed by atoms with Crippen LogP contribution in [0.2, 0.25) is 0 Å². The average molecular weight is 944 g/mol. The molecule has 366 valence electrons. The fraction of sp³-hybridized carbons (Fsp3) is 0.481. The molecular formula is C52H73N5O9S. The van der Waals surface area contributed by atoms with Crippen LogP contribution in [0.4, 0.5) is 15.3 Å². The first-order valence-electron chi connectivity index (χ1n) is 23.7. The minimum absolute atomic E-state index is 0.0173. The monoisotopic (exact) mass is 944 g/mol. The van der Waals surface area contributed by atoms with Crippen LogP contribution in [0.25, 0.3) is 0 Å². The van der Waals surface area contributed by atoms with Crippen molar-refractivity contribution in [2.45, 2.75) is 114 Å². The van der Waals surface area contributed by atoms with Crippen molar-refractivity contribution in [3.63, 3.8) is 0 Å². The maximum absolute atomic E-state index is 14.2. The normalized spacial score (nSPS) is 18.6. The van der Waals surface area contributed by atoms with Gasteiger partial charge in [0.2, 0.25) is 15.9 Å². The standard InChI is InChI=1S/C52H73N5O9S/c1-4-5-6-7-8-9-10-11-12-13-14-15-16-17-18-19-20-21-25-28-49(58)54-34-35-55-51(59)65-47(39-57(38-41(2)3)67(61,62)44-31-29-43(53)30-32-44)46(37-42-26-23-22-24-27-42)56-52(60)66-48-40-64-50-45(48)33-36-63-50/h5-6,8-9,11-12,14-15,17-18,20-24,26-27,29-32,41,45-48,50H,4,7,10,13,16,19,25,28,33-40,53H2,1-3H3,(H,54,58)(H,55,59)(H,56,60)/b6-5-,9-8-,12-11-,15-14-,18-17-,21-20-/t45-,46-,47+,48-,50+/m0/s1. The number of rotatable bonds is 29. The van der Waals surface area contributed by atoms with Crippen molar-refractivity contribution in [2.75, 3.05) is 45.1 Å². The summed E-state index contributed by atoms with van der Waals surface area (Å²) in [7, 11) is -4.13. The van der Waals surface area contributed by atoms with Crippen molar-refractivity contribution in [1.29, 1.82) is 0 Å². The Morgan fingerprint density at radius 1 is 0.776 bits per heavy atom. The van der Waals surface area contributed by atoms with Gasteiger partial charge in [-0.3, -0.25) is 4.79 Å². The highest BCUT2D eigenvalue weighted by Crippen LogP contribution is 2.33. The molecule has 0 aliphatic carbocycles. The zero-order valence-electron chi connectivity index (χ0n) is 39.5. The van der Waals surface area contributed by atoms with Gasteiger partial charge in [0.15, 0.2) is 6.29 Å². The second kappa shape index (κ2) is 30.7. The van der Waals surface area contributed by atoms with E-state index >= 15 is 0 Å². The molecule has 4 rings (SSSR count). The van der Waals surface area contributed by atoms with E-state index < -0.39 is 46.7 Å². The Balaban J connectivity index is 1.30. The molecule has 3 amide bonds. The van der Waals surface area contributed by atoms with Crippen LogP contribution < -0.4 is 21.7 Å². The number of fused-ring (bicyclic) bond motifs is 1. The lowest BCUT2D eigenvalue weighted by atomic mass is 10.0. The Bertz CT molecular complexity index is 2070. The zero-order valence-corrected chi connectivity index (χ0v) is 40.3. The van der Waals surface area contributed by atoms with Crippen LogP contribution in [0, 0.1) is 11.8 Å². The molecule has 2 fully saturated rings. The van der Waals surface area contributed by atoms with Crippen molar-refractivity contribution in [1.82, 2.24) is 20.3 Å². The number of ether oxygens (including phenoxy) is 4. The van der Waals surface area contributed by atoms with Crippen LogP contribution in [0.5, 0.6) is 0 Å². The molecule has 67 heavy (non-hydrogen) atoms. The number of sulfonamides is 1. The average Bonchev–Trinajstić information content (AvgIpc) is 3.93. The van der Waals surface area contributed by atoms with E-state index in [2.05, 4.69) is 83.6 Å². The van der Waals surface area contributed by atoms with Crippen LogP contribution in [0.15, 0.2) is 132 Å². The van der Waals surface area contributed by atoms with Gasteiger partial charge in [0.25, 0.3) is 0 Å². The molecular weight excluding hydrogens is 871 g/mol. The lowest BCUT2D eigenvalue weighted by Gasteiger charge is -2.33. The van der Waals surface area contributed by atoms with Gasteiger partial charge in [0.1, 0.15) is 12.2 Å². The van der Waals surface area contributed by atoms with E-state index in [4.69, 9.17) is 24.7 Å². The quantitative estimate of drug-likeness (QED) is 0.0349. The molecule has 0 saturated carbocycles. The van der Waals surface area contributed by atoms with E-state index in [-0.39, 0.29) is 68.3 Å². The third-order valence-electron chi connectivity index (χ3n) is 10.9. The number of benzene rings is 2. The SMILES string of the molecule is CC/C=C\C/C=C\C/C=C\C/C=C\C/C=C\C/C=C\CCC(=O)NCCNC(=O)O[C@H](CN(CC(C)C)S(=O)(=O)c1ccc(N)cc1)[C@H](Cc1ccccc1)NC(=O)O[C@H]1CO[C@H]2OCC[C@H]21. The van der Waals surface area contributed by atoms with Gasteiger partial charge in [-0.05, 0) is 93.5 Å². The molecule has 0 unspecified atom stereocenters. The van der Waals surface area contributed by atoms with E-state index in [1.54, 1.807) is 0 Å². The summed E-state index contributed by atoms with van der Waals surface area (Å²) in [5, 5.41) is 8.39. The summed E-state index contributed by atoms with van der Waals surface area (Å²) in [4.78, 5) is 39.8. The number of hydrogen-bond acceptors (Lipinski definition) is 10. The largest absolute Gasteiger partial charge is 0.443 e. The number of amides is 3. The Hall–Kier alpha value is -5.48. The Kier molecular flexibility index (Phi) is 24.8. The number of carbonyl (C=O) groups excluding carboxylic acids is 3. The molecule has 0 spiro atoms. The zero-order chi connectivity index (χ0) is 48.1. The van der Waals surface area contributed by atoms with E-state index in [1.807, 2.05) is 56.3 Å². The van der Waals surface area contributed by atoms with Crippen LogP contribution in [0.1, 0.15) is 84.1 Å². The van der Waals surface area contributed by atoms with Crippen molar-refractivity contribution in [3.8, 4) is 0 Å². The Morgan fingerprint density at radius 2 is 1.37 bits per heavy atom. The maximum atomic E-state index is 14.2. The summed E-state index contributed by atoms with van der Waals surface area (Å²) >= 11 is 0. The first kappa shape index (κ1) is 54.1. The molecule has 0 radical (unpaired) electrons. The highest BCUT2D eigenvalue weighted by atomic mass is 32.2. The Labute approximate surface area is 398 Å². The van der Waals surface area contributed by atoms with Crippen LogP contribution >= 0.6 is 0 Å². The summed E-state index contributed by atoms with van der Waals surface area (Å²) in [5.41, 5.74) is 7.09. The van der Waals surface area contributed by atoms with E-state index in [0.29, 0.717) is 25.1 Å². The van der Waals surface area contributed by atoms with E-state index in [9.17, 15) is 22.8 Å². The molecule has 0 aromatic heterocycles. The van der Waals surface area contributed by atoms with Crippen molar-refractivity contribution in [2.24, 2.45) is 11.8 Å². The number of allylic oxidation sites excluding steroid dienone is 12. The molecule has 5 atom stereocenters. The highest BCUT2D eigenvalue weighted by molar-refractivity contribution is 7.89. The van der Waals surface area contributed by atoms with Gasteiger partial charge in [0, 0.05) is 31.7 Å². The van der Waals surface area contributed by atoms with Crippen LogP contribution in [0.3, 0.4) is 0 Å². The number of nitrogens with two attached hydrogens (primary N) is 1. The number of alkyl carbamates (subject to hydrolysis) is 2. The van der Waals surface area contributed by atoms with Gasteiger partial charge in [-0.1, -0.05) is 124 Å². The molecule has 5 N–H and O–H groups in total. The first-order chi connectivity index (χ1) is 32.5.